The van der Waals surface area contributed by atoms with Crippen molar-refractivity contribution in [2.75, 3.05) is 11.9 Å². The van der Waals surface area contributed by atoms with Gasteiger partial charge in [0.25, 0.3) is 0 Å². The third-order valence-corrected chi connectivity index (χ3v) is 3.47. The van der Waals surface area contributed by atoms with Gasteiger partial charge in [-0.15, -0.1) is 0 Å². The molecule has 0 fully saturated rings. The Hall–Kier alpha value is -1.77. The first kappa shape index (κ1) is 14.6. The van der Waals surface area contributed by atoms with Crippen LogP contribution in [0.2, 0.25) is 0 Å². The van der Waals surface area contributed by atoms with E-state index >= 15 is 0 Å². The zero-order valence-electron chi connectivity index (χ0n) is 13.0. The number of nitrogens with zero attached hydrogens (tertiary/aromatic N) is 2. The van der Waals surface area contributed by atoms with Crippen LogP contribution in [0, 0.1) is 0 Å². The molecule has 0 saturated carbocycles. The zero-order chi connectivity index (χ0) is 14.6. The Morgan fingerprint density at radius 3 is 2.45 bits per heavy atom. The molecule has 2 aromatic rings. The monoisotopic (exact) mass is 271 g/mol. The van der Waals surface area contributed by atoms with Crippen LogP contribution in [-0.4, -0.2) is 16.1 Å². The standard InChI is InChI=1S/C17H25N3/c1-5-6-11-18-16-19-12-13-20(16)15-9-7-14(8-10-15)17(2,3)4/h7-10,12-13H,5-6,11H2,1-4H3,(H,18,19). The van der Waals surface area contributed by atoms with E-state index in [1.54, 1.807) is 0 Å². The van der Waals surface area contributed by atoms with Gasteiger partial charge in [-0.3, -0.25) is 4.57 Å². The van der Waals surface area contributed by atoms with Crippen LogP contribution in [0.4, 0.5) is 5.95 Å². The third kappa shape index (κ3) is 3.41. The summed E-state index contributed by atoms with van der Waals surface area (Å²) in [6, 6.07) is 8.72. The number of hydrogen-bond acceptors (Lipinski definition) is 2. The maximum absolute atomic E-state index is 4.39. The lowest BCUT2D eigenvalue weighted by atomic mass is 9.87. The average Bonchev–Trinajstić information content (AvgIpc) is 2.87. The molecule has 0 atom stereocenters. The van der Waals surface area contributed by atoms with Gasteiger partial charge in [0.1, 0.15) is 0 Å². The van der Waals surface area contributed by atoms with Gasteiger partial charge in [-0.1, -0.05) is 46.2 Å². The summed E-state index contributed by atoms with van der Waals surface area (Å²) >= 11 is 0. The van der Waals surface area contributed by atoms with Crippen LogP contribution in [0.1, 0.15) is 46.1 Å². The first-order valence-corrected chi connectivity index (χ1v) is 7.40. The van der Waals surface area contributed by atoms with E-state index in [9.17, 15) is 0 Å². The SMILES string of the molecule is CCCCNc1nccn1-c1ccc(C(C)(C)C)cc1. The van der Waals surface area contributed by atoms with E-state index in [1.807, 2.05) is 12.4 Å². The molecule has 0 aliphatic carbocycles. The molecule has 20 heavy (non-hydrogen) atoms. The highest BCUT2D eigenvalue weighted by Gasteiger charge is 2.13. The summed E-state index contributed by atoms with van der Waals surface area (Å²) in [5.41, 5.74) is 2.69. The first-order valence-electron chi connectivity index (χ1n) is 7.40. The number of unbranched alkanes of at least 4 members (excludes halogenated alkanes) is 1. The highest BCUT2D eigenvalue weighted by atomic mass is 15.2. The van der Waals surface area contributed by atoms with Gasteiger partial charge < -0.3 is 5.32 Å². The third-order valence-electron chi connectivity index (χ3n) is 3.47. The number of rotatable bonds is 5. The second kappa shape index (κ2) is 6.12. The van der Waals surface area contributed by atoms with Crippen LogP contribution in [0.3, 0.4) is 0 Å². The van der Waals surface area contributed by atoms with Crippen molar-refractivity contribution < 1.29 is 0 Å². The summed E-state index contributed by atoms with van der Waals surface area (Å²) in [5, 5.41) is 3.39. The van der Waals surface area contributed by atoms with Crippen molar-refractivity contribution in [1.29, 1.82) is 0 Å². The fraction of sp³-hybridized carbons (Fsp3) is 0.471. The highest BCUT2D eigenvalue weighted by molar-refractivity contribution is 5.43. The lowest BCUT2D eigenvalue weighted by Crippen LogP contribution is -2.11. The molecule has 0 aliphatic rings. The molecule has 0 bridgehead atoms. The molecule has 0 spiro atoms. The van der Waals surface area contributed by atoms with Crippen molar-refractivity contribution >= 4 is 5.95 Å². The van der Waals surface area contributed by atoms with E-state index in [4.69, 9.17) is 0 Å². The molecule has 2 rings (SSSR count). The van der Waals surface area contributed by atoms with Crippen molar-refractivity contribution in [3.63, 3.8) is 0 Å². The van der Waals surface area contributed by atoms with Gasteiger partial charge in [-0.05, 0) is 29.5 Å². The van der Waals surface area contributed by atoms with Crippen molar-refractivity contribution in [2.45, 2.75) is 46.0 Å². The Morgan fingerprint density at radius 2 is 1.85 bits per heavy atom. The van der Waals surface area contributed by atoms with Crippen molar-refractivity contribution in [1.82, 2.24) is 9.55 Å². The number of benzene rings is 1. The molecule has 108 valence electrons. The summed E-state index contributed by atoms with van der Waals surface area (Å²) in [7, 11) is 0. The predicted octanol–water partition coefficient (Wildman–Crippen LogP) is 4.38. The van der Waals surface area contributed by atoms with Gasteiger partial charge in [0.05, 0.1) is 0 Å². The van der Waals surface area contributed by atoms with Crippen LogP contribution >= 0.6 is 0 Å². The van der Waals surface area contributed by atoms with Gasteiger partial charge >= 0.3 is 0 Å². The number of imidazole rings is 1. The number of hydrogen-bond donors (Lipinski definition) is 1. The van der Waals surface area contributed by atoms with E-state index in [2.05, 4.69) is 66.8 Å². The Labute approximate surface area is 122 Å². The smallest absolute Gasteiger partial charge is 0.207 e. The molecule has 3 heteroatoms. The Morgan fingerprint density at radius 1 is 1.15 bits per heavy atom. The van der Waals surface area contributed by atoms with Crippen LogP contribution in [-0.2, 0) is 5.41 Å². The summed E-state index contributed by atoms with van der Waals surface area (Å²) in [5.74, 6) is 0.918. The molecule has 0 aliphatic heterocycles. The molecule has 1 aromatic heterocycles. The fourth-order valence-corrected chi connectivity index (χ4v) is 2.14. The topological polar surface area (TPSA) is 29.9 Å². The number of nitrogens with one attached hydrogen (secondary N) is 1. The van der Waals surface area contributed by atoms with Gasteiger partial charge in [0, 0.05) is 24.6 Å². The molecular weight excluding hydrogens is 246 g/mol. The van der Waals surface area contributed by atoms with Crippen molar-refractivity contribution in [2.24, 2.45) is 0 Å². The fourth-order valence-electron chi connectivity index (χ4n) is 2.14. The van der Waals surface area contributed by atoms with E-state index in [1.165, 1.54) is 12.0 Å². The summed E-state index contributed by atoms with van der Waals surface area (Å²) in [6.45, 7) is 9.86. The second-order valence-corrected chi connectivity index (χ2v) is 6.20. The van der Waals surface area contributed by atoms with E-state index in [0.29, 0.717) is 0 Å². The second-order valence-electron chi connectivity index (χ2n) is 6.20. The maximum Gasteiger partial charge on any atom is 0.207 e. The predicted molar refractivity (Wildman–Crippen MR) is 85.7 cm³/mol. The molecule has 3 nitrogen and oxygen atoms in total. The van der Waals surface area contributed by atoms with E-state index in [0.717, 1.165) is 24.6 Å². The molecule has 1 heterocycles. The molecule has 1 aromatic carbocycles. The van der Waals surface area contributed by atoms with Crippen LogP contribution in [0.5, 0.6) is 0 Å². The average molecular weight is 271 g/mol. The number of aromatic nitrogens is 2. The maximum atomic E-state index is 4.39. The molecule has 0 radical (unpaired) electrons. The Balaban J connectivity index is 2.18. The molecule has 0 saturated heterocycles. The Bertz CT molecular complexity index is 532. The van der Waals surface area contributed by atoms with Crippen LogP contribution in [0.25, 0.3) is 5.69 Å². The lowest BCUT2D eigenvalue weighted by Gasteiger charge is -2.19. The summed E-state index contributed by atoms with van der Waals surface area (Å²) < 4.78 is 2.10. The van der Waals surface area contributed by atoms with Crippen LogP contribution in [0.15, 0.2) is 36.7 Å². The van der Waals surface area contributed by atoms with Crippen molar-refractivity contribution in [3.8, 4) is 5.69 Å². The molecule has 0 unspecified atom stereocenters. The normalized spacial score (nSPS) is 11.6. The molecule has 1 N–H and O–H groups in total. The zero-order valence-corrected chi connectivity index (χ0v) is 13.0. The van der Waals surface area contributed by atoms with E-state index < -0.39 is 0 Å². The quantitative estimate of drug-likeness (QED) is 0.818. The highest BCUT2D eigenvalue weighted by Crippen LogP contribution is 2.24. The minimum Gasteiger partial charge on any atom is -0.355 e. The Kier molecular flexibility index (Phi) is 4.48. The van der Waals surface area contributed by atoms with Gasteiger partial charge in [0.15, 0.2) is 0 Å². The molecular formula is C17H25N3. The largest absolute Gasteiger partial charge is 0.355 e. The van der Waals surface area contributed by atoms with Crippen LogP contribution < -0.4 is 5.32 Å². The minimum atomic E-state index is 0.190. The lowest BCUT2D eigenvalue weighted by molar-refractivity contribution is 0.590. The summed E-state index contributed by atoms with van der Waals surface area (Å²) in [4.78, 5) is 4.39. The van der Waals surface area contributed by atoms with Gasteiger partial charge in [-0.25, -0.2) is 4.98 Å². The van der Waals surface area contributed by atoms with E-state index in [-0.39, 0.29) is 5.41 Å². The van der Waals surface area contributed by atoms with Crippen molar-refractivity contribution in [3.05, 3.63) is 42.2 Å². The molecule has 0 amide bonds. The first-order chi connectivity index (χ1) is 9.52. The van der Waals surface area contributed by atoms with Gasteiger partial charge in [0.2, 0.25) is 5.95 Å². The number of anilines is 1. The summed E-state index contributed by atoms with van der Waals surface area (Å²) in [6.07, 6.45) is 6.19. The minimum absolute atomic E-state index is 0.190. The van der Waals surface area contributed by atoms with Gasteiger partial charge in [-0.2, -0.15) is 0 Å².